The summed E-state index contributed by atoms with van der Waals surface area (Å²) in [5.74, 6) is 1.15. The minimum absolute atomic E-state index is 0.0244. The van der Waals surface area contributed by atoms with Crippen LogP contribution in [0.1, 0.15) is 24.6 Å². The van der Waals surface area contributed by atoms with Crippen molar-refractivity contribution in [3.8, 4) is 17.1 Å². The first-order chi connectivity index (χ1) is 12.4. The highest BCUT2D eigenvalue weighted by Crippen LogP contribution is 2.40. The van der Waals surface area contributed by atoms with Crippen molar-refractivity contribution in [2.75, 3.05) is 13.2 Å². The molecule has 0 spiro atoms. The molecule has 0 unspecified atom stereocenters. The molecule has 2 aromatic rings. The first kappa shape index (κ1) is 18.4. The summed E-state index contributed by atoms with van der Waals surface area (Å²) in [5, 5.41) is 4.03. The largest absolute Gasteiger partial charge is 0.489 e. The van der Waals surface area contributed by atoms with Gasteiger partial charge in [-0.15, -0.1) is 0 Å². The van der Waals surface area contributed by atoms with Crippen LogP contribution in [-0.2, 0) is 6.54 Å². The van der Waals surface area contributed by atoms with Gasteiger partial charge in [0.2, 0.25) is 0 Å². The SMILES string of the molecule is NC/C(=C\F)COc1ccc(-c2nc(C3CC3)n(CC(F)(F)F)n2)cc1. The standard InChI is InChI=1S/C17H18F4N4O/c18-7-11(8-22)9-26-14-5-3-12(4-6-14)15-23-16(13-1-2-13)25(24-15)10-17(19,20)21/h3-7,13H,1-2,8-10,22H2/b11-7+. The van der Waals surface area contributed by atoms with E-state index in [9.17, 15) is 17.6 Å². The Morgan fingerprint density at radius 3 is 2.50 bits per heavy atom. The van der Waals surface area contributed by atoms with Gasteiger partial charge < -0.3 is 10.5 Å². The van der Waals surface area contributed by atoms with E-state index in [0.29, 0.717) is 29.0 Å². The molecule has 1 heterocycles. The van der Waals surface area contributed by atoms with E-state index >= 15 is 0 Å². The van der Waals surface area contributed by atoms with Gasteiger partial charge in [0.15, 0.2) is 5.82 Å². The number of ether oxygens (including phenoxy) is 1. The van der Waals surface area contributed by atoms with Crippen molar-refractivity contribution in [3.05, 3.63) is 42.0 Å². The predicted molar refractivity (Wildman–Crippen MR) is 87.2 cm³/mol. The molecule has 0 radical (unpaired) electrons. The quantitative estimate of drug-likeness (QED) is 0.757. The molecule has 0 saturated heterocycles. The Balaban J connectivity index is 1.75. The molecule has 0 atom stereocenters. The Morgan fingerprint density at radius 2 is 1.96 bits per heavy atom. The summed E-state index contributed by atoms with van der Waals surface area (Å²) in [7, 11) is 0. The molecule has 1 fully saturated rings. The lowest BCUT2D eigenvalue weighted by molar-refractivity contribution is -0.143. The van der Waals surface area contributed by atoms with Crippen LogP contribution in [0.4, 0.5) is 17.6 Å². The molecule has 1 aliphatic rings. The Labute approximate surface area is 147 Å². The third-order valence-corrected chi connectivity index (χ3v) is 3.93. The lowest BCUT2D eigenvalue weighted by Gasteiger charge is -2.08. The zero-order valence-electron chi connectivity index (χ0n) is 13.8. The van der Waals surface area contributed by atoms with Crippen LogP contribution in [0.25, 0.3) is 11.4 Å². The summed E-state index contributed by atoms with van der Waals surface area (Å²) in [6, 6.07) is 6.56. The molecular formula is C17H18F4N4O. The smallest absolute Gasteiger partial charge is 0.408 e. The molecule has 2 N–H and O–H groups in total. The van der Waals surface area contributed by atoms with Gasteiger partial charge in [0.25, 0.3) is 0 Å². The van der Waals surface area contributed by atoms with Gasteiger partial charge in [-0.3, -0.25) is 0 Å². The van der Waals surface area contributed by atoms with Gasteiger partial charge in [-0.05, 0) is 37.1 Å². The second-order valence-corrected chi connectivity index (χ2v) is 6.13. The lowest BCUT2D eigenvalue weighted by atomic mass is 10.2. The number of rotatable bonds is 7. The minimum atomic E-state index is -4.35. The van der Waals surface area contributed by atoms with Crippen molar-refractivity contribution in [1.82, 2.24) is 14.8 Å². The average molecular weight is 370 g/mol. The van der Waals surface area contributed by atoms with E-state index in [1.165, 1.54) is 0 Å². The van der Waals surface area contributed by atoms with Crippen LogP contribution < -0.4 is 10.5 Å². The highest BCUT2D eigenvalue weighted by atomic mass is 19.4. The van der Waals surface area contributed by atoms with Crippen LogP contribution in [0.2, 0.25) is 0 Å². The van der Waals surface area contributed by atoms with Crippen molar-refractivity contribution in [1.29, 1.82) is 0 Å². The zero-order chi connectivity index (χ0) is 18.7. The van der Waals surface area contributed by atoms with Crippen LogP contribution in [-0.4, -0.2) is 34.1 Å². The van der Waals surface area contributed by atoms with Crippen molar-refractivity contribution in [3.63, 3.8) is 0 Å². The molecule has 5 nitrogen and oxygen atoms in total. The van der Waals surface area contributed by atoms with E-state index in [4.69, 9.17) is 10.5 Å². The topological polar surface area (TPSA) is 66.0 Å². The van der Waals surface area contributed by atoms with E-state index in [2.05, 4.69) is 10.1 Å². The molecule has 0 amide bonds. The van der Waals surface area contributed by atoms with Crippen LogP contribution in [0, 0.1) is 0 Å². The molecule has 1 aliphatic carbocycles. The summed E-state index contributed by atoms with van der Waals surface area (Å²) in [5.41, 5.74) is 6.25. The maximum Gasteiger partial charge on any atom is 0.408 e. The Morgan fingerprint density at radius 1 is 1.27 bits per heavy atom. The van der Waals surface area contributed by atoms with Crippen LogP contribution in [0.15, 0.2) is 36.2 Å². The number of nitrogens with zero attached hydrogens (tertiary/aromatic N) is 3. The molecule has 0 bridgehead atoms. The van der Waals surface area contributed by atoms with Crippen LogP contribution >= 0.6 is 0 Å². The average Bonchev–Trinajstić information content (AvgIpc) is 3.36. The highest BCUT2D eigenvalue weighted by molar-refractivity contribution is 5.56. The van der Waals surface area contributed by atoms with Crippen molar-refractivity contribution >= 4 is 0 Å². The third-order valence-electron chi connectivity index (χ3n) is 3.93. The first-order valence-corrected chi connectivity index (χ1v) is 8.12. The van der Waals surface area contributed by atoms with Gasteiger partial charge in [-0.2, -0.15) is 18.3 Å². The number of alkyl halides is 3. The summed E-state index contributed by atoms with van der Waals surface area (Å²) in [4.78, 5) is 4.29. The second-order valence-electron chi connectivity index (χ2n) is 6.13. The van der Waals surface area contributed by atoms with E-state index in [-0.39, 0.29) is 24.9 Å². The van der Waals surface area contributed by atoms with Gasteiger partial charge in [0.05, 0.1) is 6.33 Å². The van der Waals surface area contributed by atoms with Crippen molar-refractivity contribution in [2.45, 2.75) is 31.5 Å². The number of benzene rings is 1. The Kier molecular flexibility index (Phi) is 5.26. The molecule has 1 aromatic carbocycles. The van der Waals surface area contributed by atoms with Gasteiger partial charge in [-0.1, -0.05) is 0 Å². The van der Waals surface area contributed by atoms with E-state index in [1.807, 2.05) is 0 Å². The van der Waals surface area contributed by atoms with Crippen molar-refractivity contribution in [2.24, 2.45) is 5.73 Å². The van der Waals surface area contributed by atoms with E-state index < -0.39 is 12.7 Å². The molecule has 1 saturated carbocycles. The zero-order valence-corrected chi connectivity index (χ0v) is 13.8. The summed E-state index contributed by atoms with van der Waals surface area (Å²) in [6.07, 6.45) is -2.29. The fourth-order valence-corrected chi connectivity index (χ4v) is 2.42. The molecule has 3 rings (SSSR count). The number of hydrogen-bond donors (Lipinski definition) is 1. The Hall–Kier alpha value is -2.42. The first-order valence-electron chi connectivity index (χ1n) is 8.12. The molecule has 1 aromatic heterocycles. The molecule has 9 heteroatoms. The fraction of sp³-hybridized carbons (Fsp3) is 0.412. The Bertz CT molecular complexity index is 779. The van der Waals surface area contributed by atoms with Crippen LogP contribution in [0.5, 0.6) is 5.75 Å². The second kappa shape index (κ2) is 7.45. The lowest BCUT2D eigenvalue weighted by Crippen LogP contribution is -2.20. The third kappa shape index (κ3) is 4.60. The van der Waals surface area contributed by atoms with Gasteiger partial charge in [0, 0.05) is 23.6 Å². The maximum absolute atomic E-state index is 12.7. The number of nitrogens with two attached hydrogens (primary N) is 1. The van der Waals surface area contributed by atoms with Gasteiger partial charge >= 0.3 is 6.18 Å². The van der Waals surface area contributed by atoms with E-state index in [0.717, 1.165) is 17.5 Å². The molecular weight excluding hydrogens is 352 g/mol. The predicted octanol–water partition coefficient (Wildman–Crippen LogP) is 3.58. The maximum atomic E-state index is 12.7. The van der Waals surface area contributed by atoms with Crippen LogP contribution in [0.3, 0.4) is 0 Å². The normalized spacial score (nSPS) is 15.3. The summed E-state index contributed by atoms with van der Waals surface area (Å²) in [6.45, 7) is -1.07. The monoisotopic (exact) mass is 370 g/mol. The number of hydrogen-bond acceptors (Lipinski definition) is 4. The molecule has 140 valence electrons. The fourth-order valence-electron chi connectivity index (χ4n) is 2.42. The van der Waals surface area contributed by atoms with Gasteiger partial charge in [0.1, 0.15) is 24.7 Å². The molecule has 26 heavy (non-hydrogen) atoms. The molecule has 0 aliphatic heterocycles. The van der Waals surface area contributed by atoms with Crippen molar-refractivity contribution < 1.29 is 22.3 Å². The summed E-state index contributed by atoms with van der Waals surface area (Å²) >= 11 is 0. The van der Waals surface area contributed by atoms with E-state index in [1.54, 1.807) is 24.3 Å². The number of aromatic nitrogens is 3. The highest BCUT2D eigenvalue weighted by Gasteiger charge is 2.35. The summed E-state index contributed by atoms with van der Waals surface area (Å²) < 4.78 is 57.0. The number of halogens is 4. The minimum Gasteiger partial charge on any atom is -0.489 e. The van der Waals surface area contributed by atoms with Gasteiger partial charge in [-0.25, -0.2) is 14.1 Å².